The van der Waals surface area contributed by atoms with Gasteiger partial charge in [0.2, 0.25) is 0 Å². The Morgan fingerprint density at radius 3 is 2.81 bits per heavy atom. The first kappa shape index (κ1) is 24.3. The van der Waals surface area contributed by atoms with Gasteiger partial charge in [-0.1, -0.05) is 32.6 Å². The van der Waals surface area contributed by atoms with Gasteiger partial charge in [0.25, 0.3) is 5.91 Å². The lowest BCUT2D eigenvalue weighted by atomic mass is 9.81. The highest BCUT2D eigenvalue weighted by molar-refractivity contribution is 5.94. The van der Waals surface area contributed by atoms with Crippen LogP contribution in [0.4, 0.5) is 0 Å². The minimum atomic E-state index is -0.788. The molecule has 0 spiro atoms. The smallest absolute Gasteiger partial charge is 0.254 e. The summed E-state index contributed by atoms with van der Waals surface area (Å²) >= 11 is 0. The summed E-state index contributed by atoms with van der Waals surface area (Å²) in [5.41, 5.74) is 3.26. The molecule has 7 heteroatoms. The Kier molecular flexibility index (Phi) is 6.20. The van der Waals surface area contributed by atoms with Gasteiger partial charge in [-0.2, -0.15) is 0 Å². The molecule has 0 aliphatic carbocycles. The zero-order valence-electron chi connectivity index (χ0n) is 21.6. The normalized spacial score (nSPS) is 21.4. The quantitative estimate of drug-likeness (QED) is 0.406. The largest absolute Gasteiger partial charge is 0.508 e. The van der Waals surface area contributed by atoms with Gasteiger partial charge >= 0.3 is 0 Å². The summed E-state index contributed by atoms with van der Waals surface area (Å²) in [6.07, 6.45) is 1.41. The number of methoxy groups -OCH3 is 1. The number of fused-ring (bicyclic) bond motifs is 4. The van der Waals surface area contributed by atoms with Gasteiger partial charge in [0.15, 0.2) is 0 Å². The Balaban J connectivity index is 1.56. The number of phenolic OH excluding ortho intramolecular Hbond substituents is 1. The third kappa shape index (κ3) is 3.91. The number of rotatable bonds is 8. The van der Waals surface area contributed by atoms with Gasteiger partial charge in [-0.15, -0.1) is 0 Å². The van der Waals surface area contributed by atoms with E-state index in [2.05, 4.69) is 35.6 Å². The Morgan fingerprint density at radius 2 is 2.08 bits per heavy atom. The molecular weight excluding hydrogens is 452 g/mol. The van der Waals surface area contributed by atoms with Gasteiger partial charge in [-0.25, -0.2) is 0 Å². The molecule has 7 nitrogen and oxygen atoms in total. The molecule has 0 radical (unpaired) electrons. The van der Waals surface area contributed by atoms with Crippen molar-refractivity contribution >= 4 is 16.8 Å². The average Bonchev–Trinajstić information content (AvgIpc) is 3.29. The van der Waals surface area contributed by atoms with Crippen LogP contribution in [-0.2, 0) is 11.2 Å². The van der Waals surface area contributed by atoms with Crippen LogP contribution in [-0.4, -0.2) is 58.1 Å². The summed E-state index contributed by atoms with van der Waals surface area (Å²) in [4.78, 5) is 21.6. The van der Waals surface area contributed by atoms with Crippen molar-refractivity contribution in [3.05, 3.63) is 71.7 Å². The van der Waals surface area contributed by atoms with Gasteiger partial charge in [-0.05, 0) is 73.8 Å². The number of benzene rings is 2. The van der Waals surface area contributed by atoms with Crippen molar-refractivity contribution in [2.45, 2.75) is 45.2 Å². The number of carbonyl (C=O) groups excluding carboxylic acids is 1. The molecular formula is C29H36N4O3. The second-order valence-corrected chi connectivity index (χ2v) is 10.6. The average molecular weight is 489 g/mol. The van der Waals surface area contributed by atoms with E-state index in [1.807, 2.05) is 42.2 Å². The van der Waals surface area contributed by atoms with E-state index in [0.29, 0.717) is 24.7 Å². The third-order valence-corrected chi connectivity index (χ3v) is 7.50. The van der Waals surface area contributed by atoms with Gasteiger partial charge in [0.1, 0.15) is 22.9 Å². The highest BCUT2D eigenvalue weighted by Gasteiger charge is 2.57. The molecule has 0 saturated carbocycles. The Hall–Kier alpha value is -3.45. The predicted octanol–water partition coefficient (Wildman–Crippen LogP) is 4.54. The molecule has 3 aromatic rings. The fourth-order valence-electron chi connectivity index (χ4n) is 5.79. The van der Waals surface area contributed by atoms with Gasteiger partial charge in [-0.3, -0.25) is 9.69 Å². The molecule has 3 N–H and O–H groups in total. The summed E-state index contributed by atoms with van der Waals surface area (Å²) in [7, 11) is 1.66. The first-order valence-corrected chi connectivity index (χ1v) is 12.7. The maximum atomic E-state index is 14.0. The highest BCUT2D eigenvalue weighted by Crippen LogP contribution is 2.51. The molecule has 1 aromatic heterocycles. The lowest BCUT2D eigenvalue weighted by Crippen LogP contribution is -2.52. The summed E-state index contributed by atoms with van der Waals surface area (Å²) in [5, 5.41) is 14.9. The van der Waals surface area contributed by atoms with Crippen molar-refractivity contribution < 1.29 is 14.6 Å². The minimum absolute atomic E-state index is 0.0735. The lowest BCUT2D eigenvalue weighted by molar-refractivity contribution is -0.133. The number of phenols is 1. The summed E-state index contributed by atoms with van der Waals surface area (Å²) < 4.78 is 5.50. The Labute approximate surface area is 212 Å². The molecule has 2 aliphatic heterocycles. The molecule has 36 heavy (non-hydrogen) atoms. The van der Waals surface area contributed by atoms with E-state index in [9.17, 15) is 9.90 Å². The van der Waals surface area contributed by atoms with Crippen molar-refractivity contribution in [2.75, 3.05) is 26.7 Å². The first-order chi connectivity index (χ1) is 17.2. The van der Waals surface area contributed by atoms with Crippen LogP contribution >= 0.6 is 0 Å². The molecule has 2 aromatic carbocycles. The van der Waals surface area contributed by atoms with E-state index in [1.54, 1.807) is 19.2 Å². The van der Waals surface area contributed by atoms with Crippen molar-refractivity contribution in [2.24, 2.45) is 5.92 Å². The Morgan fingerprint density at radius 1 is 1.28 bits per heavy atom. The van der Waals surface area contributed by atoms with Crippen molar-refractivity contribution in [1.29, 1.82) is 0 Å². The molecule has 0 unspecified atom stereocenters. The van der Waals surface area contributed by atoms with Gasteiger partial charge < -0.3 is 25.0 Å². The SMILES string of the molecule is C=C1N(CCCNCC(C)C)C(=O)[C@]2(C)Cc3c([nH]c4ccc(OC)cc34)[C@@H](c3cccc(O)c3)N12. The van der Waals surface area contributed by atoms with Crippen LogP contribution in [0.15, 0.2) is 54.9 Å². The minimum Gasteiger partial charge on any atom is -0.508 e. The number of H-pyrrole nitrogens is 1. The number of nitrogens with zero attached hydrogens (tertiary/aromatic N) is 2. The molecule has 0 bridgehead atoms. The van der Waals surface area contributed by atoms with E-state index in [0.717, 1.165) is 53.0 Å². The number of nitrogens with one attached hydrogen (secondary N) is 2. The third-order valence-electron chi connectivity index (χ3n) is 7.50. The standard InChI is InChI=1S/C29H36N4O3/c1-18(2)17-30-12-7-13-32-19(3)33-27(20-8-6-9-21(34)14-20)26-24(16-29(33,4)28(32)35)23-15-22(36-5)10-11-25(23)31-26/h6,8-11,14-15,18,27,30-31,34H,3,7,12-13,16-17H2,1-2,4-5H3/t27-,29+/m1/s1. The monoisotopic (exact) mass is 488 g/mol. The van der Waals surface area contributed by atoms with E-state index in [-0.39, 0.29) is 17.7 Å². The van der Waals surface area contributed by atoms with E-state index >= 15 is 0 Å². The van der Waals surface area contributed by atoms with E-state index < -0.39 is 5.54 Å². The second-order valence-electron chi connectivity index (χ2n) is 10.6. The maximum absolute atomic E-state index is 14.0. The van der Waals surface area contributed by atoms with Crippen LogP contribution in [0.25, 0.3) is 10.9 Å². The molecule has 1 amide bonds. The van der Waals surface area contributed by atoms with Crippen molar-refractivity contribution in [1.82, 2.24) is 20.1 Å². The van der Waals surface area contributed by atoms with Crippen LogP contribution in [0.5, 0.6) is 11.5 Å². The van der Waals surface area contributed by atoms with E-state index in [1.165, 1.54) is 0 Å². The van der Waals surface area contributed by atoms with Gasteiger partial charge in [0.05, 0.1) is 13.2 Å². The fourth-order valence-corrected chi connectivity index (χ4v) is 5.79. The van der Waals surface area contributed by atoms with Crippen LogP contribution in [0.3, 0.4) is 0 Å². The zero-order chi connectivity index (χ0) is 25.6. The predicted molar refractivity (Wildman–Crippen MR) is 142 cm³/mol. The summed E-state index contributed by atoms with van der Waals surface area (Å²) in [6.45, 7) is 13.2. The number of carbonyl (C=O) groups is 1. The van der Waals surface area contributed by atoms with Crippen LogP contribution in [0.2, 0.25) is 0 Å². The van der Waals surface area contributed by atoms with Crippen molar-refractivity contribution in [3.63, 3.8) is 0 Å². The van der Waals surface area contributed by atoms with Crippen LogP contribution < -0.4 is 10.1 Å². The number of hydrogen-bond donors (Lipinski definition) is 3. The molecule has 2 aliphatic rings. The van der Waals surface area contributed by atoms with Crippen LogP contribution in [0.1, 0.15) is 50.1 Å². The van der Waals surface area contributed by atoms with Gasteiger partial charge in [0, 0.05) is 29.6 Å². The lowest BCUT2D eigenvalue weighted by Gasteiger charge is -2.44. The van der Waals surface area contributed by atoms with E-state index in [4.69, 9.17) is 4.74 Å². The molecule has 190 valence electrons. The fraction of sp³-hybridized carbons (Fsp3) is 0.414. The van der Waals surface area contributed by atoms with Crippen LogP contribution in [0, 0.1) is 5.92 Å². The zero-order valence-corrected chi connectivity index (χ0v) is 21.6. The Bertz CT molecular complexity index is 1310. The number of hydrogen-bond acceptors (Lipinski definition) is 5. The number of aromatic nitrogens is 1. The number of amides is 1. The molecule has 5 rings (SSSR count). The highest BCUT2D eigenvalue weighted by atomic mass is 16.5. The molecule has 1 saturated heterocycles. The number of ether oxygens (including phenoxy) is 1. The topological polar surface area (TPSA) is 80.8 Å². The number of aromatic amines is 1. The summed E-state index contributed by atoms with van der Waals surface area (Å²) in [5.74, 6) is 2.35. The second kappa shape index (κ2) is 9.21. The molecule has 3 heterocycles. The molecule has 1 fully saturated rings. The summed E-state index contributed by atoms with van der Waals surface area (Å²) in [6, 6.07) is 13.0. The number of aromatic hydroxyl groups is 1. The maximum Gasteiger partial charge on any atom is 0.254 e. The first-order valence-electron chi connectivity index (χ1n) is 12.7. The molecule has 2 atom stereocenters. The van der Waals surface area contributed by atoms with Crippen molar-refractivity contribution in [3.8, 4) is 11.5 Å².